The highest BCUT2D eigenvalue weighted by atomic mass is 16.5. The van der Waals surface area contributed by atoms with Gasteiger partial charge in [-0.15, -0.1) is 0 Å². The number of ether oxygens (including phenoxy) is 1. The summed E-state index contributed by atoms with van der Waals surface area (Å²) in [5.74, 6) is 0. The molecule has 0 spiro atoms. The molecule has 3 nitrogen and oxygen atoms in total. The van der Waals surface area contributed by atoms with Crippen LogP contribution in [0.15, 0.2) is 0 Å². The van der Waals surface area contributed by atoms with E-state index in [1.165, 1.54) is 135 Å². The summed E-state index contributed by atoms with van der Waals surface area (Å²) in [6.07, 6.45) is 26.7. The molecule has 3 heteroatoms. The molecule has 2 N–H and O–H groups in total. The second kappa shape index (κ2) is 21.5. The molecule has 0 atom stereocenters. The molecule has 0 saturated carbocycles. The van der Waals surface area contributed by atoms with Gasteiger partial charge in [0.1, 0.15) is 0 Å². The fraction of sp³-hybridized carbons (Fsp3) is 0.963. The number of carbonyl (C=O) groups is 1. The van der Waals surface area contributed by atoms with Crippen molar-refractivity contribution in [1.82, 2.24) is 0 Å². The van der Waals surface area contributed by atoms with Crippen molar-refractivity contribution in [2.45, 2.75) is 156 Å². The molecule has 0 aliphatic heterocycles. The van der Waals surface area contributed by atoms with E-state index in [-0.39, 0.29) is 5.41 Å². The van der Waals surface area contributed by atoms with Crippen LogP contribution in [0.4, 0.5) is 4.79 Å². The lowest BCUT2D eigenvalue weighted by Gasteiger charge is -2.34. The van der Waals surface area contributed by atoms with E-state index in [9.17, 15) is 4.79 Å². The van der Waals surface area contributed by atoms with Gasteiger partial charge in [-0.1, -0.05) is 136 Å². The van der Waals surface area contributed by atoms with Crippen molar-refractivity contribution in [3.63, 3.8) is 0 Å². The number of carbonyl (C=O) groups excluding carboxylic acids is 1. The monoisotopic (exact) mass is 425 g/mol. The Balaban J connectivity index is 4.68. The summed E-state index contributed by atoms with van der Waals surface area (Å²) in [5, 5.41) is 0. The Kier molecular flexibility index (Phi) is 21.0. The third kappa shape index (κ3) is 18.1. The molecule has 0 heterocycles. The first-order valence-corrected chi connectivity index (χ1v) is 13.5. The van der Waals surface area contributed by atoms with Gasteiger partial charge in [0.05, 0.1) is 6.61 Å². The van der Waals surface area contributed by atoms with Gasteiger partial charge in [-0.05, 0) is 19.3 Å². The molecule has 1 amide bonds. The molecule has 0 bridgehead atoms. The van der Waals surface area contributed by atoms with Crippen LogP contribution in [0.5, 0.6) is 0 Å². The van der Waals surface area contributed by atoms with Crippen LogP contribution in [0.25, 0.3) is 0 Å². The van der Waals surface area contributed by atoms with Crippen molar-refractivity contribution >= 4 is 6.09 Å². The Morgan fingerprint density at radius 1 is 0.567 bits per heavy atom. The lowest BCUT2D eigenvalue weighted by Crippen LogP contribution is -2.30. The van der Waals surface area contributed by atoms with E-state index in [4.69, 9.17) is 10.5 Å². The molecule has 0 saturated heterocycles. The molecule has 180 valence electrons. The largest absolute Gasteiger partial charge is 0.449 e. The summed E-state index contributed by atoms with van der Waals surface area (Å²) in [6.45, 7) is 7.34. The highest BCUT2D eigenvalue weighted by molar-refractivity contribution is 5.64. The molecule has 0 rings (SSSR count). The lowest BCUT2D eigenvalue weighted by atomic mass is 9.74. The maximum atomic E-state index is 11.4. The van der Waals surface area contributed by atoms with Gasteiger partial charge in [-0.2, -0.15) is 0 Å². The Bertz CT molecular complexity index is 329. The van der Waals surface area contributed by atoms with Crippen LogP contribution in [0.1, 0.15) is 156 Å². The Labute approximate surface area is 189 Å². The van der Waals surface area contributed by atoms with Gasteiger partial charge in [0.25, 0.3) is 0 Å². The number of amides is 1. The van der Waals surface area contributed by atoms with E-state index in [0.29, 0.717) is 6.61 Å². The second-order valence-corrected chi connectivity index (χ2v) is 9.66. The zero-order chi connectivity index (χ0) is 22.3. The number of rotatable bonds is 23. The SMILES string of the molecule is CCCCCCCCC(CCCCCCCC)(CCCCCCCC)COC(N)=O. The number of hydrogen-bond donors (Lipinski definition) is 1. The van der Waals surface area contributed by atoms with E-state index in [2.05, 4.69) is 20.8 Å². The van der Waals surface area contributed by atoms with Crippen LogP contribution in [0.3, 0.4) is 0 Å². The van der Waals surface area contributed by atoms with E-state index in [0.717, 1.165) is 0 Å². The van der Waals surface area contributed by atoms with Crippen LogP contribution in [0.2, 0.25) is 0 Å². The molecule has 0 fully saturated rings. The molecule has 0 aliphatic carbocycles. The van der Waals surface area contributed by atoms with Gasteiger partial charge in [0, 0.05) is 5.41 Å². The minimum absolute atomic E-state index is 0.148. The van der Waals surface area contributed by atoms with Crippen molar-refractivity contribution < 1.29 is 9.53 Å². The average Bonchev–Trinajstić information content (AvgIpc) is 2.74. The van der Waals surface area contributed by atoms with Crippen LogP contribution in [0, 0.1) is 5.41 Å². The van der Waals surface area contributed by atoms with Gasteiger partial charge in [0.15, 0.2) is 0 Å². The summed E-state index contributed by atoms with van der Waals surface area (Å²) >= 11 is 0. The van der Waals surface area contributed by atoms with Crippen LogP contribution in [-0.2, 0) is 4.74 Å². The van der Waals surface area contributed by atoms with Crippen LogP contribution >= 0.6 is 0 Å². The van der Waals surface area contributed by atoms with Crippen molar-refractivity contribution in [3.8, 4) is 0 Å². The number of nitrogens with two attached hydrogens (primary N) is 1. The zero-order valence-electron chi connectivity index (χ0n) is 21.0. The Morgan fingerprint density at radius 3 is 1.17 bits per heavy atom. The molecule has 0 aromatic carbocycles. The molecule has 0 aliphatic rings. The molecular formula is C27H55NO2. The van der Waals surface area contributed by atoms with Gasteiger partial charge in [0.2, 0.25) is 0 Å². The van der Waals surface area contributed by atoms with Gasteiger partial charge < -0.3 is 10.5 Å². The fourth-order valence-electron chi connectivity index (χ4n) is 4.66. The lowest BCUT2D eigenvalue weighted by molar-refractivity contribution is 0.0625. The van der Waals surface area contributed by atoms with Gasteiger partial charge >= 0.3 is 6.09 Å². The van der Waals surface area contributed by atoms with Gasteiger partial charge in [-0.25, -0.2) is 4.79 Å². The van der Waals surface area contributed by atoms with E-state index >= 15 is 0 Å². The summed E-state index contributed by atoms with van der Waals surface area (Å²) < 4.78 is 5.43. The predicted molar refractivity (Wildman–Crippen MR) is 132 cm³/mol. The Hall–Kier alpha value is -0.730. The first-order valence-electron chi connectivity index (χ1n) is 13.5. The summed E-state index contributed by atoms with van der Waals surface area (Å²) in [7, 11) is 0. The smallest absolute Gasteiger partial charge is 0.404 e. The summed E-state index contributed by atoms with van der Waals surface area (Å²) in [6, 6.07) is 0. The summed E-state index contributed by atoms with van der Waals surface area (Å²) in [4.78, 5) is 11.4. The number of unbranched alkanes of at least 4 members (excludes halogenated alkanes) is 15. The normalized spacial score (nSPS) is 11.7. The van der Waals surface area contributed by atoms with Gasteiger partial charge in [-0.3, -0.25) is 0 Å². The third-order valence-corrected chi connectivity index (χ3v) is 6.70. The Morgan fingerprint density at radius 2 is 0.867 bits per heavy atom. The van der Waals surface area contributed by atoms with Crippen LogP contribution in [-0.4, -0.2) is 12.7 Å². The van der Waals surface area contributed by atoms with E-state index in [1.807, 2.05) is 0 Å². The van der Waals surface area contributed by atoms with Crippen molar-refractivity contribution in [2.24, 2.45) is 11.1 Å². The zero-order valence-corrected chi connectivity index (χ0v) is 21.0. The first-order chi connectivity index (χ1) is 14.6. The molecular weight excluding hydrogens is 370 g/mol. The first kappa shape index (κ1) is 29.3. The fourth-order valence-corrected chi connectivity index (χ4v) is 4.66. The van der Waals surface area contributed by atoms with E-state index < -0.39 is 6.09 Å². The molecule has 0 aromatic heterocycles. The maximum absolute atomic E-state index is 11.4. The third-order valence-electron chi connectivity index (χ3n) is 6.70. The van der Waals surface area contributed by atoms with E-state index in [1.54, 1.807) is 0 Å². The van der Waals surface area contributed by atoms with Crippen LogP contribution < -0.4 is 5.73 Å². The van der Waals surface area contributed by atoms with Crippen molar-refractivity contribution in [2.75, 3.05) is 6.61 Å². The minimum Gasteiger partial charge on any atom is -0.449 e. The quantitative estimate of drug-likeness (QED) is 0.166. The maximum Gasteiger partial charge on any atom is 0.404 e. The predicted octanol–water partition coefficient (Wildman–Crippen LogP) is 9.32. The average molecular weight is 426 g/mol. The van der Waals surface area contributed by atoms with Crippen molar-refractivity contribution in [3.05, 3.63) is 0 Å². The highest BCUT2D eigenvalue weighted by Gasteiger charge is 2.30. The number of hydrogen-bond acceptors (Lipinski definition) is 2. The summed E-state index contributed by atoms with van der Waals surface area (Å²) in [5.41, 5.74) is 5.52. The molecule has 0 radical (unpaired) electrons. The standard InChI is InChI=1S/C27H55NO2/c1-4-7-10-13-16-19-22-27(25-30-26(28)29,23-20-17-14-11-8-5-2)24-21-18-15-12-9-6-3/h4-25H2,1-3H3,(H2,28,29). The topological polar surface area (TPSA) is 52.3 Å². The number of primary amides is 1. The molecule has 0 unspecified atom stereocenters. The molecule has 30 heavy (non-hydrogen) atoms. The second-order valence-electron chi connectivity index (χ2n) is 9.66. The van der Waals surface area contributed by atoms with Crippen molar-refractivity contribution in [1.29, 1.82) is 0 Å². The minimum atomic E-state index is -0.604. The highest BCUT2D eigenvalue weighted by Crippen LogP contribution is 2.38. The molecule has 0 aromatic rings.